The number of aromatic amines is 1. The summed E-state index contributed by atoms with van der Waals surface area (Å²) in [7, 11) is 3.37. The Bertz CT molecular complexity index is 805. The van der Waals surface area contributed by atoms with E-state index in [-0.39, 0.29) is 11.7 Å². The number of H-pyrrole nitrogens is 1. The third-order valence-electron chi connectivity index (χ3n) is 4.90. The van der Waals surface area contributed by atoms with Crippen LogP contribution in [0.25, 0.3) is 11.0 Å². The molecule has 1 aromatic heterocycles. The SMILES string of the molecule is COc1ccc2nc(SCC(=O)N(C)C3(C#N)CCCCC3)[nH]c2c1. The Morgan fingerprint density at radius 2 is 2.20 bits per heavy atom. The van der Waals surface area contributed by atoms with Crippen molar-refractivity contribution in [1.82, 2.24) is 14.9 Å². The Morgan fingerprint density at radius 3 is 2.88 bits per heavy atom. The quantitative estimate of drug-likeness (QED) is 0.829. The van der Waals surface area contributed by atoms with E-state index in [9.17, 15) is 10.1 Å². The number of fused-ring (bicyclic) bond motifs is 1. The first-order valence-corrected chi connectivity index (χ1v) is 9.41. The van der Waals surface area contributed by atoms with Gasteiger partial charge in [-0.1, -0.05) is 31.0 Å². The van der Waals surface area contributed by atoms with E-state index in [0.717, 1.165) is 48.9 Å². The van der Waals surface area contributed by atoms with Gasteiger partial charge in [-0.05, 0) is 25.0 Å². The van der Waals surface area contributed by atoms with Gasteiger partial charge < -0.3 is 14.6 Å². The van der Waals surface area contributed by atoms with Crippen molar-refractivity contribution in [1.29, 1.82) is 5.26 Å². The van der Waals surface area contributed by atoms with Crippen molar-refractivity contribution in [2.45, 2.75) is 42.8 Å². The number of hydrogen-bond acceptors (Lipinski definition) is 5. The highest BCUT2D eigenvalue weighted by molar-refractivity contribution is 7.99. The number of imidazole rings is 1. The van der Waals surface area contributed by atoms with Gasteiger partial charge in [-0.3, -0.25) is 4.79 Å². The van der Waals surface area contributed by atoms with Crippen LogP contribution in [0.4, 0.5) is 0 Å². The molecule has 1 N–H and O–H groups in total. The number of nitriles is 1. The fourth-order valence-electron chi connectivity index (χ4n) is 3.29. The van der Waals surface area contributed by atoms with Crippen molar-refractivity contribution in [2.24, 2.45) is 0 Å². The molecule has 0 aliphatic heterocycles. The molecular formula is C18H22N4O2S. The van der Waals surface area contributed by atoms with Crippen molar-refractivity contribution in [2.75, 3.05) is 19.9 Å². The predicted octanol–water partition coefficient (Wildman–Crippen LogP) is 3.35. The minimum atomic E-state index is -0.642. The number of rotatable bonds is 5. The summed E-state index contributed by atoms with van der Waals surface area (Å²) < 4.78 is 5.21. The number of thioether (sulfide) groups is 1. The van der Waals surface area contributed by atoms with Crippen molar-refractivity contribution in [3.8, 4) is 11.8 Å². The highest BCUT2D eigenvalue weighted by Crippen LogP contribution is 2.33. The molecule has 132 valence electrons. The first kappa shape index (κ1) is 17.6. The van der Waals surface area contributed by atoms with Gasteiger partial charge in [0.1, 0.15) is 11.3 Å². The zero-order valence-corrected chi connectivity index (χ0v) is 15.4. The Kier molecular flexibility index (Phi) is 5.19. The summed E-state index contributed by atoms with van der Waals surface area (Å²) in [5, 5.41) is 10.3. The topological polar surface area (TPSA) is 82.0 Å². The standard InChI is InChI=1S/C18H22N4O2S/c1-22(18(12-19)8-4-3-5-9-18)16(23)11-25-17-20-14-7-6-13(24-2)10-15(14)21-17/h6-7,10H,3-5,8-9,11H2,1-2H3,(H,20,21). The summed E-state index contributed by atoms with van der Waals surface area (Å²) in [6.07, 6.45) is 4.68. The number of carbonyl (C=O) groups excluding carboxylic acids is 1. The van der Waals surface area contributed by atoms with Crippen LogP contribution >= 0.6 is 11.8 Å². The van der Waals surface area contributed by atoms with Crippen LogP contribution in [-0.4, -0.2) is 46.2 Å². The second kappa shape index (κ2) is 7.36. The number of benzene rings is 1. The van der Waals surface area contributed by atoms with Crippen LogP contribution in [0.5, 0.6) is 5.75 Å². The molecule has 0 saturated heterocycles. The molecule has 0 spiro atoms. The molecule has 1 fully saturated rings. The molecule has 1 aromatic carbocycles. The van der Waals surface area contributed by atoms with Crippen LogP contribution in [0.1, 0.15) is 32.1 Å². The lowest BCUT2D eigenvalue weighted by atomic mass is 9.81. The van der Waals surface area contributed by atoms with Crippen molar-refractivity contribution in [3.63, 3.8) is 0 Å². The van der Waals surface area contributed by atoms with Crippen molar-refractivity contribution >= 4 is 28.7 Å². The van der Waals surface area contributed by atoms with Gasteiger partial charge in [0.05, 0.1) is 30.0 Å². The van der Waals surface area contributed by atoms with Crippen molar-refractivity contribution < 1.29 is 9.53 Å². The zero-order valence-electron chi connectivity index (χ0n) is 14.5. The fraction of sp³-hybridized carbons (Fsp3) is 0.500. The van der Waals surface area contributed by atoms with Gasteiger partial charge in [0.2, 0.25) is 5.91 Å². The largest absolute Gasteiger partial charge is 0.497 e. The molecule has 0 atom stereocenters. The molecule has 6 nitrogen and oxygen atoms in total. The number of ether oxygens (including phenoxy) is 1. The van der Waals surface area contributed by atoms with Gasteiger partial charge in [-0.15, -0.1) is 0 Å². The summed E-state index contributed by atoms with van der Waals surface area (Å²) in [6, 6.07) is 8.01. The van der Waals surface area contributed by atoms with Gasteiger partial charge in [-0.25, -0.2) is 4.98 Å². The number of nitrogens with one attached hydrogen (secondary N) is 1. The molecule has 1 heterocycles. The first-order chi connectivity index (χ1) is 12.1. The molecule has 2 aromatic rings. The summed E-state index contributed by atoms with van der Waals surface area (Å²) >= 11 is 1.36. The highest BCUT2D eigenvalue weighted by atomic mass is 32.2. The Labute approximate surface area is 151 Å². The van der Waals surface area contributed by atoms with Crippen LogP contribution in [0.2, 0.25) is 0 Å². The normalized spacial score (nSPS) is 16.4. The van der Waals surface area contributed by atoms with Crippen LogP contribution in [0.3, 0.4) is 0 Å². The summed E-state index contributed by atoms with van der Waals surface area (Å²) in [6.45, 7) is 0. The second-order valence-electron chi connectivity index (χ2n) is 6.37. The maximum absolute atomic E-state index is 12.6. The number of hydrogen-bond donors (Lipinski definition) is 1. The van der Waals surface area contributed by atoms with Gasteiger partial charge in [0.15, 0.2) is 5.16 Å². The first-order valence-electron chi connectivity index (χ1n) is 8.42. The Hall–Kier alpha value is -2.20. The van der Waals surface area contributed by atoms with E-state index in [1.54, 1.807) is 19.1 Å². The van der Waals surface area contributed by atoms with E-state index < -0.39 is 5.54 Å². The molecular weight excluding hydrogens is 336 g/mol. The Balaban J connectivity index is 1.66. The van der Waals surface area contributed by atoms with E-state index in [1.165, 1.54) is 11.8 Å². The third kappa shape index (κ3) is 3.59. The van der Waals surface area contributed by atoms with E-state index >= 15 is 0 Å². The second-order valence-corrected chi connectivity index (χ2v) is 7.33. The van der Waals surface area contributed by atoms with Gasteiger partial charge in [0.25, 0.3) is 0 Å². The number of methoxy groups -OCH3 is 1. The van der Waals surface area contributed by atoms with Crippen LogP contribution in [0.15, 0.2) is 23.4 Å². The van der Waals surface area contributed by atoms with Gasteiger partial charge >= 0.3 is 0 Å². The summed E-state index contributed by atoms with van der Waals surface area (Å²) in [5.41, 5.74) is 1.07. The van der Waals surface area contributed by atoms with E-state index in [1.807, 2.05) is 18.2 Å². The molecule has 25 heavy (non-hydrogen) atoms. The molecule has 0 unspecified atom stereocenters. The molecule has 1 aliphatic rings. The van der Waals surface area contributed by atoms with Gasteiger partial charge in [-0.2, -0.15) is 5.26 Å². The third-order valence-corrected chi connectivity index (χ3v) is 5.76. The average molecular weight is 358 g/mol. The van der Waals surface area contributed by atoms with Crippen LogP contribution < -0.4 is 4.74 Å². The molecule has 1 amide bonds. The van der Waals surface area contributed by atoms with Gasteiger partial charge in [0, 0.05) is 13.1 Å². The number of carbonyl (C=O) groups is 1. The maximum atomic E-state index is 12.6. The zero-order chi connectivity index (χ0) is 17.9. The molecule has 0 radical (unpaired) electrons. The van der Waals surface area contributed by atoms with Crippen LogP contribution in [0, 0.1) is 11.3 Å². The lowest BCUT2D eigenvalue weighted by Gasteiger charge is -2.39. The van der Waals surface area contributed by atoms with E-state index in [2.05, 4.69) is 16.0 Å². The molecule has 1 saturated carbocycles. The van der Waals surface area contributed by atoms with E-state index in [0.29, 0.717) is 5.16 Å². The minimum Gasteiger partial charge on any atom is -0.497 e. The summed E-state index contributed by atoms with van der Waals surface area (Å²) in [4.78, 5) is 21.9. The highest BCUT2D eigenvalue weighted by Gasteiger charge is 2.38. The molecule has 1 aliphatic carbocycles. The molecule has 0 bridgehead atoms. The fourth-order valence-corrected chi connectivity index (χ4v) is 4.08. The van der Waals surface area contributed by atoms with E-state index in [4.69, 9.17) is 4.74 Å². The Morgan fingerprint density at radius 1 is 1.44 bits per heavy atom. The number of nitrogens with zero attached hydrogens (tertiary/aromatic N) is 3. The summed E-state index contributed by atoms with van der Waals surface area (Å²) in [5.74, 6) is 0.986. The molecule has 3 rings (SSSR count). The number of amides is 1. The average Bonchev–Trinajstić information content (AvgIpc) is 3.07. The maximum Gasteiger partial charge on any atom is 0.234 e. The molecule has 7 heteroatoms. The predicted molar refractivity (Wildman–Crippen MR) is 97.6 cm³/mol. The van der Waals surface area contributed by atoms with Crippen molar-refractivity contribution in [3.05, 3.63) is 18.2 Å². The minimum absolute atomic E-state index is 0.0357. The lowest BCUT2D eigenvalue weighted by molar-refractivity contribution is -0.131. The number of aromatic nitrogens is 2. The lowest BCUT2D eigenvalue weighted by Crippen LogP contribution is -2.50. The monoisotopic (exact) mass is 358 g/mol. The van der Waals surface area contributed by atoms with Crippen LogP contribution in [-0.2, 0) is 4.79 Å². The smallest absolute Gasteiger partial charge is 0.234 e.